The number of nitro groups is 1. The maximum atomic E-state index is 12.6. The normalized spacial score (nSPS) is 10.1. The second-order valence-electron chi connectivity index (χ2n) is 3.29. The molecule has 0 saturated carbocycles. The van der Waals surface area contributed by atoms with Crippen molar-refractivity contribution in [1.82, 2.24) is 4.98 Å². The zero-order chi connectivity index (χ0) is 13.1. The van der Waals surface area contributed by atoms with Gasteiger partial charge in [-0.15, -0.1) is 0 Å². The summed E-state index contributed by atoms with van der Waals surface area (Å²) in [6.45, 7) is 0. The fourth-order valence-corrected chi connectivity index (χ4v) is 1.45. The number of pyridine rings is 1. The van der Waals surface area contributed by atoms with E-state index in [1.54, 1.807) is 0 Å². The third-order valence-electron chi connectivity index (χ3n) is 2.05. The smallest absolute Gasteiger partial charge is 0.271 e. The number of benzene rings is 1. The summed E-state index contributed by atoms with van der Waals surface area (Å²) >= 11 is 5.83. The number of hydrogen-bond acceptors (Lipinski definition) is 4. The topological polar surface area (TPSA) is 65.3 Å². The van der Waals surface area contributed by atoms with Gasteiger partial charge in [0, 0.05) is 12.1 Å². The number of nitrogens with zero attached hydrogens (tertiary/aromatic N) is 2. The van der Waals surface area contributed by atoms with Gasteiger partial charge >= 0.3 is 0 Å². The van der Waals surface area contributed by atoms with Crippen molar-refractivity contribution >= 4 is 17.3 Å². The van der Waals surface area contributed by atoms with Gasteiger partial charge in [0.25, 0.3) is 5.69 Å². The van der Waals surface area contributed by atoms with Crippen molar-refractivity contribution < 1.29 is 14.1 Å². The average Bonchev–Trinajstić information content (AvgIpc) is 2.34. The van der Waals surface area contributed by atoms with Crippen LogP contribution in [0, 0.1) is 16.1 Å². The fourth-order valence-electron chi connectivity index (χ4n) is 1.24. The maximum absolute atomic E-state index is 12.6. The van der Waals surface area contributed by atoms with Crippen molar-refractivity contribution in [3.8, 4) is 11.5 Å². The first-order chi connectivity index (χ1) is 8.56. The molecule has 18 heavy (non-hydrogen) atoms. The van der Waals surface area contributed by atoms with Crippen molar-refractivity contribution in [1.29, 1.82) is 0 Å². The largest absolute Gasteiger partial charge is 0.454 e. The van der Waals surface area contributed by atoms with E-state index in [-0.39, 0.29) is 22.2 Å². The van der Waals surface area contributed by atoms with Crippen molar-refractivity contribution in [3.05, 3.63) is 57.6 Å². The summed E-state index contributed by atoms with van der Waals surface area (Å²) in [5.41, 5.74) is -0.135. The lowest BCUT2D eigenvalue weighted by atomic mass is 10.3. The van der Waals surface area contributed by atoms with Crippen molar-refractivity contribution in [2.45, 2.75) is 0 Å². The van der Waals surface area contributed by atoms with Gasteiger partial charge in [-0.1, -0.05) is 11.6 Å². The van der Waals surface area contributed by atoms with Gasteiger partial charge in [0.2, 0.25) is 5.95 Å². The van der Waals surface area contributed by atoms with Crippen LogP contribution in [0.15, 0.2) is 36.5 Å². The highest BCUT2D eigenvalue weighted by Crippen LogP contribution is 2.31. The number of non-ortho nitro benzene ring substituents is 1. The molecular formula is C11H6ClFN2O3. The zero-order valence-corrected chi connectivity index (χ0v) is 9.60. The minimum atomic E-state index is -0.628. The SMILES string of the molecule is O=[N+]([O-])c1ccc(Oc2ccc(F)nc2)c(Cl)c1. The molecule has 2 aromatic rings. The molecule has 7 heteroatoms. The molecule has 0 atom stereocenters. The highest BCUT2D eigenvalue weighted by molar-refractivity contribution is 6.32. The number of hydrogen-bond donors (Lipinski definition) is 0. The molecule has 1 heterocycles. The van der Waals surface area contributed by atoms with Crippen LogP contribution in [0.2, 0.25) is 5.02 Å². The number of rotatable bonds is 3. The molecule has 1 aromatic carbocycles. The fraction of sp³-hybridized carbons (Fsp3) is 0. The van der Waals surface area contributed by atoms with E-state index in [4.69, 9.17) is 16.3 Å². The lowest BCUT2D eigenvalue weighted by Crippen LogP contribution is -1.91. The van der Waals surface area contributed by atoms with E-state index in [1.807, 2.05) is 0 Å². The number of aromatic nitrogens is 1. The Morgan fingerprint density at radius 1 is 1.33 bits per heavy atom. The van der Waals surface area contributed by atoms with Gasteiger partial charge in [-0.25, -0.2) is 4.98 Å². The quantitative estimate of drug-likeness (QED) is 0.485. The Hall–Kier alpha value is -2.21. The van der Waals surface area contributed by atoms with E-state index in [1.165, 1.54) is 30.5 Å². The van der Waals surface area contributed by atoms with Crippen LogP contribution >= 0.6 is 11.6 Å². The summed E-state index contributed by atoms with van der Waals surface area (Å²) in [5.74, 6) is -0.111. The molecule has 1 aromatic heterocycles. The van der Waals surface area contributed by atoms with E-state index >= 15 is 0 Å². The Balaban J connectivity index is 2.24. The van der Waals surface area contributed by atoms with E-state index < -0.39 is 10.9 Å². The molecule has 0 spiro atoms. The zero-order valence-electron chi connectivity index (χ0n) is 8.84. The maximum Gasteiger partial charge on any atom is 0.271 e. The summed E-state index contributed by atoms with van der Waals surface area (Å²) in [6.07, 6.45) is 1.19. The molecule has 0 N–H and O–H groups in total. The summed E-state index contributed by atoms with van der Waals surface area (Å²) in [4.78, 5) is 13.4. The predicted molar refractivity (Wildman–Crippen MR) is 62.4 cm³/mol. The molecule has 0 aliphatic carbocycles. The molecule has 0 saturated heterocycles. The molecule has 92 valence electrons. The first kappa shape index (κ1) is 12.3. The Morgan fingerprint density at radius 3 is 2.67 bits per heavy atom. The summed E-state index contributed by atoms with van der Waals surface area (Å²) in [5, 5.41) is 10.6. The second kappa shape index (κ2) is 4.97. The lowest BCUT2D eigenvalue weighted by molar-refractivity contribution is -0.384. The minimum Gasteiger partial charge on any atom is -0.454 e. The van der Waals surface area contributed by atoms with Gasteiger partial charge in [-0.05, 0) is 18.2 Å². The van der Waals surface area contributed by atoms with Gasteiger partial charge in [-0.2, -0.15) is 4.39 Å². The van der Waals surface area contributed by atoms with Crippen molar-refractivity contribution in [3.63, 3.8) is 0 Å². The minimum absolute atomic E-state index is 0.0912. The Labute approximate surface area is 106 Å². The molecule has 0 aliphatic rings. The third kappa shape index (κ3) is 2.72. The van der Waals surface area contributed by atoms with Gasteiger partial charge in [0.15, 0.2) is 0 Å². The highest BCUT2D eigenvalue weighted by atomic mass is 35.5. The monoisotopic (exact) mass is 268 g/mol. The second-order valence-corrected chi connectivity index (χ2v) is 3.70. The summed E-state index contributed by atoms with van der Waals surface area (Å²) in [6, 6.07) is 6.31. The highest BCUT2D eigenvalue weighted by Gasteiger charge is 2.11. The summed E-state index contributed by atoms with van der Waals surface area (Å²) < 4.78 is 17.9. The molecule has 0 radical (unpaired) electrons. The van der Waals surface area contributed by atoms with Gasteiger partial charge in [-0.3, -0.25) is 10.1 Å². The van der Waals surface area contributed by atoms with E-state index in [2.05, 4.69) is 4.98 Å². The molecule has 0 aliphatic heterocycles. The van der Waals surface area contributed by atoms with Crippen LogP contribution in [0.3, 0.4) is 0 Å². The Kier molecular flexibility index (Phi) is 3.38. The molecular weight excluding hydrogens is 263 g/mol. The molecule has 0 bridgehead atoms. The molecule has 0 fully saturated rings. The van der Waals surface area contributed by atoms with Crippen LogP contribution < -0.4 is 4.74 Å². The van der Waals surface area contributed by atoms with Gasteiger partial charge < -0.3 is 4.74 Å². The van der Waals surface area contributed by atoms with Crippen LogP contribution in [-0.2, 0) is 0 Å². The first-order valence-corrected chi connectivity index (χ1v) is 5.17. The first-order valence-electron chi connectivity index (χ1n) is 4.79. The number of nitro benzene ring substituents is 1. The molecule has 5 nitrogen and oxygen atoms in total. The third-order valence-corrected chi connectivity index (χ3v) is 2.35. The number of ether oxygens (including phenoxy) is 1. The van der Waals surface area contributed by atoms with Gasteiger partial charge in [0.1, 0.15) is 11.5 Å². The molecule has 2 rings (SSSR count). The lowest BCUT2D eigenvalue weighted by Gasteiger charge is -2.06. The van der Waals surface area contributed by atoms with Crippen LogP contribution in [0.4, 0.5) is 10.1 Å². The van der Waals surface area contributed by atoms with Crippen molar-refractivity contribution in [2.24, 2.45) is 0 Å². The van der Waals surface area contributed by atoms with E-state index in [0.29, 0.717) is 0 Å². The van der Waals surface area contributed by atoms with E-state index in [0.717, 1.165) is 6.07 Å². The van der Waals surface area contributed by atoms with Crippen molar-refractivity contribution in [2.75, 3.05) is 0 Å². The average molecular weight is 269 g/mol. The Morgan fingerprint density at radius 2 is 2.11 bits per heavy atom. The van der Waals surface area contributed by atoms with Crippen LogP contribution in [0.1, 0.15) is 0 Å². The molecule has 0 amide bonds. The molecule has 0 unspecified atom stereocenters. The predicted octanol–water partition coefficient (Wildman–Crippen LogP) is 3.57. The summed E-state index contributed by atoms with van der Waals surface area (Å²) in [7, 11) is 0. The standard InChI is InChI=1S/C11H6ClFN2O3/c12-9-5-7(15(16)17)1-3-10(9)18-8-2-4-11(13)14-6-8/h1-6H. The van der Waals surface area contributed by atoms with E-state index in [9.17, 15) is 14.5 Å². The van der Waals surface area contributed by atoms with Crippen LogP contribution in [-0.4, -0.2) is 9.91 Å². The Bertz CT molecular complexity index is 589. The van der Waals surface area contributed by atoms with Crippen LogP contribution in [0.25, 0.3) is 0 Å². The number of halogens is 2. The van der Waals surface area contributed by atoms with Crippen LogP contribution in [0.5, 0.6) is 11.5 Å². The van der Waals surface area contributed by atoms with Gasteiger partial charge in [0.05, 0.1) is 16.1 Å².